The standard InChI is InChI=1S/C31H31F3N4O4/c32-31(33,34)23-7-5-15-37(19-23)20-38(30(40)28-18-22-6-1-4-10-27(22)42-28)16-17-41-24-13-11-21(12-14-24)29(39)36-26-9-3-2-8-25(26)35/h1-4,6,8-14,18,23H,5,7,15-17,19-20,35H2,(H,36,39). The normalized spacial score (nSPS) is 15.8. The molecule has 0 spiro atoms. The summed E-state index contributed by atoms with van der Waals surface area (Å²) >= 11 is 0. The van der Waals surface area contributed by atoms with Crippen molar-refractivity contribution in [2.75, 3.05) is 44.0 Å². The molecule has 1 atom stereocenters. The number of hydrogen-bond acceptors (Lipinski definition) is 6. The molecule has 4 aromatic rings. The molecule has 8 nitrogen and oxygen atoms in total. The van der Waals surface area contributed by atoms with E-state index in [1.165, 1.54) is 4.90 Å². The predicted molar refractivity (Wildman–Crippen MR) is 153 cm³/mol. The molecule has 42 heavy (non-hydrogen) atoms. The van der Waals surface area contributed by atoms with Crippen molar-refractivity contribution in [1.82, 2.24) is 9.80 Å². The van der Waals surface area contributed by atoms with Crippen LogP contribution >= 0.6 is 0 Å². The van der Waals surface area contributed by atoms with E-state index in [9.17, 15) is 22.8 Å². The van der Waals surface area contributed by atoms with Crippen molar-refractivity contribution in [3.63, 3.8) is 0 Å². The Hall–Kier alpha value is -4.51. The average molecular weight is 581 g/mol. The largest absolute Gasteiger partial charge is 0.492 e. The number of ether oxygens (including phenoxy) is 1. The lowest BCUT2D eigenvalue weighted by Gasteiger charge is -2.36. The first-order valence-corrected chi connectivity index (χ1v) is 13.6. The van der Waals surface area contributed by atoms with Crippen LogP contribution < -0.4 is 15.8 Å². The van der Waals surface area contributed by atoms with Gasteiger partial charge in [-0.25, -0.2) is 0 Å². The van der Waals surface area contributed by atoms with Gasteiger partial charge in [-0.2, -0.15) is 13.2 Å². The minimum Gasteiger partial charge on any atom is -0.492 e. The molecule has 0 bridgehead atoms. The number of benzene rings is 3. The molecule has 0 aliphatic carbocycles. The van der Waals surface area contributed by atoms with E-state index in [1.807, 2.05) is 12.1 Å². The van der Waals surface area contributed by atoms with Gasteiger partial charge >= 0.3 is 6.18 Å². The number of nitrogens with one attached hydrogen (secondary N) is 1. The second kappa shape index (κ2) is 12.6. The fraction of sp³-hybridized carbons (Fsp3) is 0.290. The molecule has 2 amide bonds. The van der Waals surface area contributed by atoms with Gasteiger partial charge in [-0.15, -0.1) is 0 Å². The number of rotatable bonds is 9. The smallest absolute Gasteiger partial charge is 0.393 e. The molecule has 0 radical (unpaired) electrons. The Morgan fingerprint density at radius 2 is 1.79 bits per heavy atom. The third-order valence-electron chi connectivity index (χ3n) is 7.22. The van der Waals surface area contributed by atoms with Gasteiger partial charge in [0, 0.05) is 17.5 Å². The second-order valence-corrected chi connectivity index (χ2v) is 10.2. The fourth-order valence-corrected chi connectivity index (χ4v) is 4.95. The van der Waals surface area contributed by atoms with E-state index in [-0.39, 0.29) is 44.5 Å². The highest BCUT2D eigenvalue weighted by molar-refractivity contribution is 6.05. The summed E-state index contributed by atoms with van der Waals surface area (Å²) in [6.45, 7) is 0.475. The van der Waals surface area contributed by atoms with Crippen molar-refractivity contribution >= 4 is 34.2 Å². The summed E-state index contributed by atoms with van der Waals surface area (Å²) in [5.74, 6) is -1.62. The van der Waals surface area contributed by atoms with Gasteiger partial charge in [-0.3, -0.25) is 14.5 Å². The number of furan rings is 1. The van der Waals surface area contributed by atoms with Crippen LogP contribution in [0.25, 0.3) is 11.0 Å². The number of para-hydroxylation sites is 3. The van der Waals surface area contributed by atoms with Crippen LogP contribution in [0.3, 0.4) is 0 Å². The SMILES string of the molecule is Nc1ccccc1NC(=O)c1ccc(OCCN(CN2CCCC(C(F)(F)F)C2)C(=O)c2cc3ccccc3o2)cc1. The highest BCUT2D eigenvalue weighted by Gasteiger charge is 2.42. The van der Waals surface area contributed by atoms with Crippen LogP contribution in [0.4, 0.5) is 24.5 Å². The summed E-state index contributed by atoms with van der Waals surface area (Å²) in [5.41, 5.74) is 7.80. The molecule has 1 aliphatic rings. The third kappa shape index (κ3) is 7.03. The predicted octanol–water partition coefficient (Wildman–Crippen LogP) is 6.02. The third-order valence-corrected chi connectivity index (χ3v) is 7.22. The van der Waals surface area contributed by atoms with Gasteiger partial charge in [0.15, 0.2) is 5.76 Å². The van der Waals surface area contributed by atoms with Crippen molar-refractivity contribution in [2.24, 2.45) is 5.92 Å². The molecule has 1 aromatic heterocycles. The van der Waals surface area contributed by atoms with Crippen molar-refractivity contribution in [1.29, 1.82) is 0 Å². The molecular formula is C31H31F3N4O4. The van der Waals surface area contributed by atoms with Gasteiger partial charge in [-0.1, -0.05) is 30.3 Å². The highest BCUT2D eigenvalue weighted by atomic mass is 19.4. The minimum absolute atomic E-state index is 0.00748. The molecule has 1 aliphatic heterocycles. The summed E-state index contributed by atoms with van der Waals surface area (Å²) in [5, 5.41) is 3.52. The van der Waals surface area contributed by atoms with Crippen LogP contribution in [0.15, 0.2) is 83.3 Å². The Balaban J connectivity index is 1.24. The van der Waals surface area contributed by atoms with Crippen molar-refractivity contribution < 1.29 is 31.9 Å². The maximum atomic E-state index is 13.5. The first kappa shape index (κ1) is 29.0. The van der Waals surface area contributed by atoms with Crippen molar-refractivity contribution in [3.8, 4) is 5.75 Å². The fourth-order valence-electron chi connectivity index (χ4n) is 4.95. The van der Waals surface area contributed by atoms with Crippen molar-refractivity contribution in [2.45, 2.75) is 19.0 Å². The Labute approximate surface area is 240 Å². The maximum absolute atomic E-state index is 13.5. The number of fused-ring (bicyclic) bond motifs is 1. The molecule has 1 unspecified atom stereocenters. The van der Waals surface area contributed by atoms with Crippen molar-refractivity contribution in [3.05, 3.63) is 90.2 Å². The zero-order valence-electron chi connectivity index (χ0n) is 22.8. The number of alkyl halides is 3. The quantitative estimate of drug-likeness (QED) is 0.235. The topological polar surface area (TPSA) is 101 Å². The Morgan fingerprint density at radius 1 is 1.05 bits per heavy atom. The number of nitrogens with two attached hydrogens (primary N) is 1. The van der Waals surface area contributed by atoms with Gasteiger partial charge in [0.05, 0.1) is 30.5 Å². The first-order valence-electron chi connectivity index (χ1n) is 13.6. The van der Waals surface area contributed by atoms with Gasteiger partial charge < -0.3 is 25.1 Å². The maximum Gasteiger partial charge on any atom is 0.393 e. The van der Waals surface area contributed by atoms with Crippen LogP contribution in [0, 0.1) is 5.92 Å². The summed E-state index contributed by atoms with van der Waals surface area (Å²) in [7, 11) is 0. The van der Waals surface area contributed by atoms with E-state index in [4.69, 9.17) is 14.9 Å². The van der Waals surface area contributed by atoms with Gasteiger partial charge in [0.25, 0.3) is 11.8 Å². The van der Waals surface area contributed by atoms with E-state index >= 15 is 0 Å². The summed E-state index contributed by atoms with van der Waals surface area (Å²) in [4.78, 5) is 29.2. The van der Waals surface area contributed by atoms with Crippen LogP contribution in [-0.4, -0.2) is 60.7 Å². The first-order chi connectivity index (χ1) is 20.2. The number of carbonyl (C=O) groups is 2. The Morgan fingerprint density at radius 3 is 2.52 bits per heavy atom. The zero-order valence-corrected chi connectivity index (χ0v) is 22.8. The molecule has 3 aromatic carbocycles. The lowest BCUT2D eigenvalue weighted by Crippen LogP contribution is -2.49. The van der Waals surface area contributed by atoms with E-state index in [2.05, 4.69) is 5.32 Å². The Bertz CT molecular complexity index is 1500. The van der Waals surface area contributed by atoms with E-state index in [0.717, 1.165) is 5.39 Å². The molecule has 5 rings (SSSR count). The van der Waals surface area contributed by atoms with E-state index < -0.39 is 18.0 Å². The molecule has 11 heteroatoms. The number of piperidine rings is 1. The van der Waals surface area contributed by atoms with Crippen LogP contribution in [0.1, 0.15) is 33.8 Å². The summed E-state index contributed by atoms with van der Waals surface area (Å²) in [6.07, 6.45) is -3.82. The molecular weight excluding hydrogens is 549 g/mol. The number of nitrogens with zero attached hydrogens (tertiary/aromatic N) is 2. The van der Waals surface area contributed by atoms with Crippen LogP contribution in [0.2, 0.25) is 0 Å². The van der Waals surface area contributed by atoms with Gasteiger partial charge in [0.1, 0.15) is 17.9 Å². The number of carbonyl (C=O) groups excluding carboxylic acids is 2. The second-order valence-electron chi connectivity index (χ2n) is 10.2. The number of anilines is 2. The molecule has 1 fully saturated rings. The molecule has 3 N–H and O–H groups in total. The number of amides is 2. The number of halogens is 3. The highest BCUT2D eigenvalue weighted by Crippen LogP contribution is 2.33. The minimum atomic E-state index is -4.29. The molecule has 220 valence electrons. The average Bonchev–Trinajstić information content (AvgIpc) is 3.42. The number of likely N-dealkylation sites (tertiary alicyclic amines) is 1. The monoisotopic (exact) mass is 580 g/mol. The Kier molecular flexibility index (Phi) is 8.67. The van der Waals surface area contributed by atoms with E-state index in [1.54, 1.807) is 71.6 Å². The summed E-state index contributed by atoms with van der Waals surface area (Å²) in [6, 6.07) is 22.2. The zero-order chi connectivity index (χ0) is 29.7. The van der Waals surface area contributed by atoms with Gasteiger partial charge in [0.2, 0.25) is 0 Å². The number of hydrogen-bond donors (Lipinski definition) is 2. The van der Waals surface area contributed by atoms with Crippen LogP contribution in [0.5, 0.6) is 5.75 Å². The van der Waals surface area contributed by atoms with Gasteiger partial charge in [-0.05, 0) is 67.9 Å². The lowest BCUT2D eigenvalue weighted by atomic mass is 9.98. The number of nitrogen functional groups attached to an aromatic ring is 1. The molecule has 1 saturated heterocycles. The van der Waals surface area contributed by atoms with Crippen LogP contribution in [-0.2, 0) is 0 Å². The molecule has 0 saturated carbocycles. The van der Waals surface area contributed by atoms with E-state index in [0.29, 0.717) is 41.2 Å². The summed E-state index contributed by atoms with van der Waals surface area (Å²) < 4.78 is 51.8. The lowest BCUT2D eigenvalue weighted by molar-refractivity contribution is -0.187. The molecule has 2 heterocycles.